The number of rotatable bonds is 3. The molecule has 0 bridgehead atoms. The Balaban J connectivity index is 0.00000169. The first kappa shape index (κ1) is 18.7. The van der Waals surface area contributed by atoms with Gasteiger partial charge in [-0.3, -0.25) is 4.99 Å². The first-order valence-electron chi connectivity index (χ1n) is 9.50. The van der Waals surface area contributed by atoms with Crippen LogP contribution in [0.15, 0.2) is 4.99 Å². The Bertz CT molecular complexity index is 448. The zero-order valence-electron chi connectivity index (χ0n) is 14.8. The third kappa shape index (κ3) is 3.30. The van der Waals surface area contributed by atoms with E-state index in [9.17, 15) is 0 Å². The molecule has 138 valence electrons. The number of fused-ring (bicyclic) bond motifs is 2. The number of hydrogen-bond acceptors (Lipinski definition) is 3. The lowest BCUT2D eigenvalue weighted by molar-refractivity contribution is -0.125. The highest BCUT2D eigenvalue weighted by Crippen LogP contribution is 2.60. The van der Waals surface area contributed by atoms with Crippen molar-refractivity contribution in [3.8, 4) is 0 Å². The molecule has 1 spiro atoms. The summed E-state index contributed by atoms with van der Waals surface area (Å²) in [6.45, 7) is 3.77. The van der Waals surface area contributed by atoms with Gasteiger partial charge in [0.25, 0.3) is 0 Å². The van der Waals surface area contributed by atoms with Crippen LogP contribution in [0.4, 0.5) is 0 Å². The maximum Gasteiger partial charge on any atom is 0.191 e. The van der Waals surface area contributed by atoms with Crippen molar-refractivity contribution in [3.05, 3.63) is 0 Å². The van der Waals surface area contributed by atoms with E-state index in [4.69, 9.17) is 9.47 Å². The van der Waals surface area contributed by atoms with Gasteiger partial charge in [-0.05, 0) is 38.0 Å². The van der Waals surface area contributed by atoms with E-state index in [1.807, 2.05) is 7.05 Å². The van der Waals surface area contributed by atoms with Gasteiger partial charge in [0.1, 0.15) is 0 Å². The van der Waals surface area contributed by atoms with Crippen LogP contribution in [-0.2, 0) is 9.47 Å². The van der Waals surface area contributed by atoms with E-state index in [-0.39, 0.29) is 24.0 Å². The summed E-state index contributed by atoms with van der Waals surface area (Å²) in [5.74, 6) is 2.39. The van der Waals surface area contributed by atoms with Gasteiger partial charge in [0, 0.05) is 50.8 Å². The highest BCUT2D eigenvalue weighted by atomic mass is 127. The van der Waals surface area contributed by atoms with Crippen LogP contribution < -0.4 is 10.6 Å². The van der Waals surface area contributed by atoms with Crippen molar-refractivity contribution in [3.63, 3.8) is 0 Å². The molecular weight excluding hydrogens is 417 g/mol. The fraction of sp³-hybridized carbons (Fsp3) is 0.944. The molecule has 0 aromatic rings. The molecule has 24 heavy (non-hydrogen) atoms. The van der Waals surface area contributed by atoms with Crippen LogP contribution in [0.1, 0.15) is 44.9 Å². The van der Waals surface area contributed by atoms with E-state index < -0.39 is 0 Å². The molecule has 2 N–H and O–H groups in total. The van der Waals surface area contributed by atoms with Crippen LogP contribution in [0, 0.1) is 17.3 Å². The zero-order chi connectivity index (χ0) is 15.7. The number of hydrogen-bond donors (Lipinski definition) is 2. The van der Waals surface area contributed by atoms with E-state index in [1.54, 1.807) is 0 Å². The summed E-state index contributed by atoms with van der Waals surface area (Å²) >= 11 is 0. The molecule has 2 heterocycles. The predicted molar refractivity (Wildman–Crippen MR) is 106 cm³/mol. The van der Waals surface area contributed by atoms with Crippen LogP contribution in [0.25, 0.3) is 0 Å². The standard InChI is InChI=1S/C18H31N3O2.HI/c1-19-17(20-12-13-4-9-22-10-5-13)21-15-14-6-11-23-16(14)18(15)7-2-3-8-18;/h13-16H,2-12H2,1H3,(H2,19,20,21);1H. The van der Waals surface area contributed by atoms with Gasteiger partial charge < -0.3 is 20.1 Å². The molecule has 0 radical (unpaired) electrons. The van der Waals surface area contributed by atoms with Gasteiger partial charge in [0.05, 0.1) is 6.10 Å². The van der Waals surface area contributed by atoms with Gasteiger partial charge in [-0.1, -0.05) is 12.8 Å². The lowest BCUT2D eigenvalue weighted by Gasteiger charge is -2.57. The second-order valence-electron chi connectivity index (χ2n) is 7.82. The van der Waals surface area contributed by atoms with Crippen molar-refractivity contribution in [1.82, 2.24) is 10.6 Å². The molecule has 3 unspecified atom stereocenters. The lowest BCUT2D eigenvalue weighted by atomic mass is 9.54. The molecule has 0 aromatic carbocycles. The maximum absolute atomic E-state index is 6.08. The molecule has 4 aliphatic rings. The molecule has 4 fully saturated rings. The number of nitrogens with zero attached hydrogens (tertiary/aromatic N) is 1. The Hall–Kier alpha value is -0.0800. The van der Waals surface area contributed by atoms with Gasteiger partial charge in [-0.2, -0.15) is 0 Å². The van der Waals surface area contributed by atoms with Crippen LogP contribution in [-0.4, -0.2) is 51.5 Å². The molecule has 0 amide bonds. The van der Waals surface area contributed by atoms with E-state index >= 15 is 0 Å². The summed E-state index contributed by atoms with van der Waals surface area (Å²) in [5, 5.41) is 7.34. The van der Waals surface area contributed by atoms with Crippen molar-refractivity contribution in [2.45, 2.75) is 57.1 Å². The smallest absolute Gasteiger partial charge is 0.191 e. The summed E-state index contributed by atoms with van der Waals surface area (Å²) in [4.78, 5) is 4.49. The maximum atomic E-state index is 6.08. The van der Waals surface area contributed by atoms with Crippen molar-refractivity contribution < 1.29 is 9.47 Å². The Morgan fingerprint density at radius 1 is 1.12 bits per heavy atom. The van der Waals surface area contributed by atoms with Crippen LogP contribution in [0.5, 0.6) is 0 Å². The Labute approximate surface area is 162 Å². The second-order valence-corrected chi connectivity index (χ2v) is 7.82. The summed E-state index contributed by atoms with van der Waals surface area (Å²) in [5.41, 5.74) is 0.386. The number of ether oxygens (including phenoxy) is 2. The van der Waals surface area contributed by atoms with Gasteiger partial charge in [0.2, 0.25) is 0 Å². The summed E-state index contributed by atoms with van der Waals surface area (Å²) in [7, 11) is 1.89. The largest absolute Gasteiger partial charge is 0.381 e. The molecule has 5 nitrogen and oxygen atoms in total. The highest BCUT2D eigenvalue weighted by molar-refractivity contribution is 14.0. The van der Waals surface area contributed by atoms with Gasteiger partial charge >= 0.3 is 0 Å². The van der Waals surface area contributed by atoms with Crippen molar-refractivity contribution in [2.75, 3.05) is 33.4 Å². The number of aliphatic imine (C=N–C) groups is 1. The number of guanidine groups is 1. The quantitative estimate of drug-likeness (QED) is 0.395. The van der Waals surface area contributed by atoms with E-state index in [0.29, 0.717) is 29.4 Å². The fourth-order valence-electron chi connectivity index (χ4n) is 5.44. The van der Waals surface area contributed by atoms with Crippen molar-refractivity contribution in [2.24, 2.45) is 22.2 Å². The molecule has 0 aromatic heterocycles. The van der Waals surface area contributed by atoms with Crippen molar-refractivity contribution >= 4 is 29.9 Å². The highest BCUT2D eigenvalue weighted by Gasteiger charge is 2.65. The van der Waals surface area contributed by atoms with Gasteiger partial charge in [-0.25, -0.2) is 0 Å². The molecule has 2 aliphatic carbocycles. The lowest BCUT2D eigenvalue weighted by Crippen LogP contribution is -2.69. The topological polar surface area (TPSA) is 54.9 Å². The van der Waals surface area contributed by atoms with Gasteiger partial charge in [-0.15, -0.1) is 24.0 Å². The van der Waals surface area contributed by atoms with Crippen molar-refractivity contribution in [1.29, 1.82) is 0 Å². The molecule has 2 saturated heterocycles. The molecule has 4 rings (SSSR count). The minimum Gasteiger partial charge on any atom is -0.381 e. The normalized spacial score (nSPS) is 35.2. The molecule has 6 heteroatoms. The van der Waals surface area contributed by atoms with E-state index in [2.05, 4.69) is 15.6 Å². The third-order valence-corrected chi connectivity index (χ3v) is 6.70. The average molecular weight is 449 g/mol. The zero-order valence-corrected chi connectivity index (χ0v) is 17.1. The Kier molecular flexibility index (Phi) is 6.30. The Morgan fingerprint density at radius 3 is 2.58 bits per heavy atom. The molecule has 3 atom stereocenters. The fourth-order valence-corrected chi connectivity index (χ4v) is 5.44. The second kappa shape index (κ2) is 8.08. The molecule has 2 aliphatic heterocycles. The summed E-state index contributed by atoms with van der Waals surface area (Å²) < 4.78 is 11.5. The SMILES string of the molecule is CN=C(NCC1CCOCC1)NC1C2CCOC2C12CCCC2.I. The molecule has 2 saturated carbocycles. The Morgan fingerprint density at radius 2 is 1.88 bits per heavy atom. The predicted octanol–water partition coefficient (Wildman–Crippen LogP) is 2.54. The average Bonchev–Trinajstić information content (AvgIpc) is 3.24. The summed E-state index contributed by atoms with van der Waals surface area (Å²) in [6, 6.07) is 0.554. The molecular formula is C18H32IN3O2. The van der Waals surface area contributed by atoms with E-state index in [1.165, 1.54) is 32.1 Å². The number of nitrogens with one attached hydrogen (secondary N) is 2. The minimum atomic E-state index is 0. The van der Waals surface area contributed by atoms with Gasteiger partial charge in [0.15, 0.2) is 5.96 Å². The minimum absolute atomic E-state index is 0. The summed E-state index contributed by atoms with van der Waals surface area (Å²) in [6.07, 6.45) is 9.41. The van der Waals surface area contributed by atoms with Crippen LogP contribution >= 0.6 is 24.0 Å². The first-order chi connectivity index (χ1) is 11.3. The third-order valence-electron chi connectivity index (χ3n) is 6.70. The van der Waals surface area contributed by atoms with Crippen LogP contribution in [0.2, 0.25) is 0 Å². The first-order valence-corrected chi connectivity index (χ1v) is 9.50. The monoisotopic (exact) mass is 449 g/mol. The van der Waals surface area contributed by atoms with E-state index in [0.717, 1.165) is 45.2 Å². The van der Waals surface area contributed by atoms with Crippen LogP contribution in [0.3, 0.4) is 0 Å². The number of halogens is 1.